The van der Waals surface area contributed by atoms with Gasteiger partial charge in [0.2, 0.25) is 5.91 Å². The molecule has 1 amide bonds. The van der Waals surface area contributed by atoms with E-state index in [-0.39, 0.29) is 34.9 Å². The van der Waals surface area contributed by atoms with Crippen LogP contribution in [0.2, 0.25) is 0 Å². The second kappa shape index (κ2) is 9.38. The Morgan fingerprint density at radius 3 is 2.52 bits per heavy atom. The van der Waals surface area contributed by atoms with Gasteiger partial charge in [-0.3, -0.25) is 9.48 Å². The van der Waals surface area contributed by atoms with Gasteiger partial charge in [0.05, 0.1) is 30.8 Å². The number of rotatable bonds is 7. The van der Waals surface area contributed by atoms with E-state index in [1.165, 1.54) is 31.0 Å². The van der Waals surface area contributed by atoms with Crippen LogP contribution in [0.25, 0.3) is 0 Å². The molecule has 0 bridgehead atoms. The molecule has 0 aliphatic heterocycles. The zero-order chi connectivity index (χ0) is 20.8. The van der Waals surface area contributed by atoms with Gasteiger partial charge in [0.25, 0.3) is 0 Å². The summed E-state index contributed by atoms with van der Waals surface area (Å²) in [5.41, 5.74) is 1.33. The van der Waals surface area contributed by atoms with Crippen LogP contribution in [0.5, 0.6) is 0 Å². The van der Waals surface area contributed by atoms with Crippen LogP contribution >= 0.6 is 11.8 Å². The zero-order valence-corrected chi connectivity index (χ0v) is 16.8. The van der Waals surface area contributed by atoms with Gasteiger partial charge in [0, 0.05) is 4.90 Å². The van der Waals surface area contributed by atoms with Crippen molar-refractivity contribution in [1.29, 1.82) is 0 Å². The quantitative estimate of drug-likeness (QED) is 0.465. The molecule has 0 fully saturated rings. The SMILES string of the molecule is COC(=O)c1nn(C(C)c2ccccc2)cc1NC(=O)CSc1ccc(F)cc1. The van der Waals surface area contributed by atoms with E-state index in [1.807, 2.05) is 37.3 Å². The number of nitrogens with zero attached hydrogens (tertiary/aromatic N) is 2. The molecule has 150 valence electrons. The van der Waals surface area contributed by atoms with Crippen molar-refractivity contribution >= 4 is 29.3 Å². The largest absolute Gasteiger partial charge is 0.464 e. The van der Waals surface area contributed by atoms with Gasteiger partial charge in [0.1, 0.15) is 5.82 Å². The second-order valence-electron chi connectivity index (χ2n) is 6.24. The number of carbonyl (C=O) groups is 2. The van der Waals surface area contributed by atoms with Crippen LogP contribution in [0.3, 0.4) is 0 Å². The Morgan fingerprint density at radius 1 is 1.17 bits per heavy atom. The number of thioether (sulfide) groups is 1. The van der Waals surface area contributed by atoms with Gasteiger partial charge in [0.15, 0.2) is 5.69 Å². The van der Waals surface area contributed by atoms with E-state index in [2.05, 4.69) is 10.4 Å². The number of halogens is 1. The summed E-state index contributed by atoms with van der Waals surface area (Å²) in [6.45, 7) is 1.94. The molecule has 0 radical (unpaired) electrons. The number of ether oxygens (including phenoxy) is 1. The Kier molecular flexibility index (Phi) is 6.66. The van der Waals surface area contributed by atoms with Crippen LogP contribution in [0, 0.1) is 5.82 Å². The predicted octanol–water partition coefficient (Wildman–Crippen LogP) is 4.15. The maximum atomic E-state index is 13.0. The van der Waals surface area contributed by atoms with Crippen LogP contribution in [-0.4, -0.2) is 34.5 Å². The Hall–Kier alpha value is -3.13. The topological polar surface area (TPSA) is 73.2 Å². The number of amides is 1. The van der Waals surface area contributed by atoms with Gasteiger partial charge in [-0.15, -0.1) is 11.8 Å². The van der Waals surface area contributed by atoms with E-state index in [0.717, 1.165) is 10.5 Å². The van der Waals surface area contributed by atoms with E-state index in [4.69, 9.17) is 4.74 Å². The number of benzene rings is 2. The molecule has 0 saturated carbocycles. The van der Waals surface area contributed by atoms with Gasteiger partial charge in [-0.1, -0.05) is 30.3 Å². The third kappa shape index (κ3) is 5.23. The van der Waals surface area contributed by atoms with Crippen molar-refractivity contribution in [1.82, 2.24) is 9.78 Å². The lowest BCUT2D eigenvalue weighted by atomic mass is 10.1. The lowest BCUT2D eigenvalue weighted by Gasteiger charge is -2.12. The van der Waals surface area contributed by atoms with Gasteiger partial charge in [-0.05, 0) is 36.8 Å². The van der Waals surface area contributed by atoms with Crippen molar-refractivity contribution in [3.8, 4) is 0 Å². The zero-order valence-electron chi connectivity index (χ0n) is 16.0. The molecule has 0 saturated heterocycles. The molecule has 1 N–H and O–H groups in total. The first-order valence-corrected chi connectivity index (χ1v) is 9.87. The number of aromatic nitrogens is 2. The molecule has 6 nitrogen and oxygen atoms in total. The maximum absolute atomic E-state index is 13.0. The standard InChI is InChI=1S/C21H20FN3O3S/c1-14(15-6-4-3-5-7-15)25-12-18(20(24-25)21(27)28-2)23-19(26)13-29-17-10-8-16(22)9-11-17/h3-12,14H,13H2,1-2H3,(H,23,26). The number of methoxy groups -OCH3 is 1. The lowest BCUT2D eigenvalue weighted by Crippen LogP contribution is -2.16. The Morgan fingerprint density at radius 2 is 1.86 bits per heavy atom. The van der Waals surface area contributed by atoms with Crippen LogP contribution in [0.1, 0.15) is 29.0 Å². The lowest BCUT2D eigenvalue weighted by molar-refractivity contribution is -0.113. The maximum Gasteiger partial charge on any atom is 0.360 e. The third-order valence-corrected chi connectivity index (χ3v) is 5.26. The number of hydrogen-bond acceptors (Lipinski definition) is 5. The Labute approximate surface area is 172 Å². The molecular weight excluding hydrogens is 393 g/mol. The summed E-state index contributed by atoms with van der Waals surface area (Å²) < 4.78 is 19.4. The molecule has 29 heavy (non-hydrogen) atoms. The summed E-state index contributed by atoms with van der Waals surface area (Å²) in [5.74, 6) is -1.17. The minimum atomic E-state index is -0.634. The highest BCUT2D eigenvalue weighted by molar-refractivity contribution is 8.00. The number of nitrogens with one attached hydrogen (secondary N) is 1. The summed E-state index contributed by atoms with van der Waals surface area (Å²) >= 11 is 1.26. The molecule has 1 aromatic heterocycles. The van der Waals surface area contributed by atoms with E-state index in [9.17, 15) is 14.0 Å². The fraction of sp³-hybridized carbons (Fsp3) is 0.190. The fourth-order valence-electron chi connectivity index (χ4n) is 2.68. The molecular formula is C21H20FN3O3S. The van der Waals surface area contributed by atoms with Crippen LogP contribution in [0.4, 0.5) is 10.1 Å². The van der Waals surface area contributed by atoms with Crippen LogP contribution < -0.4 is 5.32 Å². The molecule has 0 aliphatic carbocycles. The number of carbonyl (C=O) groups excluding carboxylic acids is 2. The van der Waals surface area contributed by atoms with E-state index >= 15 is 0 Å². The summed E-state index contributed by atoms with van der Waals surface area (Å²) in [5, 5.41) is 7.03. The highest BCUT2D eigenvalue weighted by Gasteiger charge is 2.21. The number of esters is 1. The second-order valence-corrected chi connectivity index (χ2v) is 7.29. The average Bonchev–Trinajstić information content (AvgIpc) is 3.16. The van der Waals surface area contributed by atoms with Crippen molar-refractivity contribution in [2.24, 2.45) is 0 Å². The minimum Gasteiger partial charge on any atom is -0.464 e. The van der Waals surface area contributed by atoms with Gasteiger partial charge in [-0.2, -0.15) is 5.10 Å². The highest BCUT2D eigenvalue weighted by Crippen LogP contribution is 2.23. The highest BCUT2D eigenvalue weighted by atomic mass is 32.2. The first kappa shape index (κ1) is 20.6. The van der Waals surface area contributed by atoms with Crippen molar-refractivity contribution in [2.75, 3.05) is 18.2 Å². The number of anilines is 1. The molecule has 2 aromatic carbocycles. The Bertz CT molecular complexity index is 990. The summed E-state index contributed by atoms with van der Waals surface area (Å²) in [6, 6.07) is 15.4. The molecule has 0 aliphatic rings. The molecule has 1 unspecified atom stereocenters. The summed E-state index contributed by atoms with van der Waals surface area (Å²) in [6.07, 6.45) is 1.62. The molecule has 3 rings (SSSR count). The van der Waals surface area contributed by atoms with E-state index in [0.29, 0.717) is 0 Å². The van der Waals surface area contributed by atoms with E-state index in [1.54, 1.807) is 23.0 Å². The normalized spacial score (nSPS) is 11.7. The van der Waals surface area contributed by atoms with Crippen molar-refractivity contribution in [3.63, 3.8) is 0 Å². The molecule has 1 atom stereocenters. The Balaban J connectivity index is 1.74. The molecule has 1 heterocycles. The summed E-state index contributed by atoms with van der Waals surface area (Å²) in [4.78, 5) is 25.2. The van der Waals surface area contributed by atoms with Gasteiger partial charge in [-0.25, -0.2) is 9.18 Å². The smallest absolute Gasteiger partial charge is 0.360 e. The van der Waals surface area contributed by atoms with Crippen molar-refractivity contribution in [2.45, 2.75) is 17.9 Å². The van der Waals surface area contributed by atoms with Crippen LogP contribution in [0.15, 0.2) is 65.7 Å². The molecule has 3 aromatic rings. The summed E-state index contributed by atoms with van der Waals surface area (Å²) in [7, 11) is 1.26. The van der Waals surface area contributed by atoms with Crippen molar-refractivity contribution < 1.29 is 18.7 Å². The van der Waals surface area contributed by atoms with Gasteiger partial charge < -0.3 is 10.1 Å². The fourth-order valence-corrected chi connectivity index (χ4v) is 3.38. The monoisotopic (exact) mass is 413 g/mol. The van der Waals surface area contributed by atoms with Gasteiger partial charge >= 0.3 is 5.97 Å². The first-order valence-electron chi connectivity index (χ1n) is 8.88. The van der Waals surface area contributed by atoms with Crippen LogP contribution in [-0.2, 0) is 9.53 Å². The van der Waals surface area contributed by atoms with Crippen molar-refractivity contribution in [3.05, 3.63) is 77.9 Å². The van der Waals surface area contributed by atoms with E-state index < -0.39 is 5.97 Å². The number of hydrogen-bond donors (Lipinski definition) is 1. The average molecular weight is 413 g/mol. The molecule has 0 spiro atoms. The predicted molar refractivity (Wildman–Crippen MR) is 110 cm³/mol. The minimum absolute atomic E-state index is 0.0374. The first-order chi connectivity index (χ1) is 14.0. The molecule has 8 heteroatoms. The third-order valence-electron chi connectivity index (χ3n) is 4.25.